The Morgan fingerprint density at radius 3 is 2.82 bits per heavy atom. The molecule has 17 heavy (non-hydrogen) atoms. The second-order valence-electron chi connectivity index (χ2n) is 5.43. The van der Waals surface area contributed by atoms with Gasteiger partial charge in [0, 0.05) is 30.6 Å². The van der Waals surface area contributed by atoms with Gasteiger partial charge in [-0.25, -0.2) is 0 Å². The van der Waals surface area contributed by atoms with Crippen LogP contribution in [0.5, 0.6) is 0 Å². The van der Waals surface area contributed by atoms with Crippen LogP contribution in [-0.4, -0.2) is 30.6 Å². The topological polar surface area (TPSA) is 15.3 Å². The molecule has 0 radical (unpaired) electrons. The Morgan fingerprint density at radius 2 is 2.18 bits per heavy atom. The zero-order chi connectivity index (χ0) is 11.5. The zero-order valence-electron chi connectivity index (χ0n) is 10.4. The van der Waals surface area contributed by atoms with Crippen LogP contribution >= 0.6 is 11.3 Å². The molecule has 1 aromatic heterocycles. The molecular formula is C14H22N2S. The highest BCUT2D eigenvalue weighted by atomic mass is 32.1. The highest BCUT2D eigenvalue weighted by molar-refractivity contribution is 7.09. The summed E-state index contributed by atoms with van der Waals surface area (Å²) in [6.45, 7) is 4.79. The van der Waals surface area contributed by atoms with Crippen molar-refractivity contribution in [2.75, 3.05) is 19.6 Å². The predicted molar refractivity (Wildman–Crippen MR) is 73.3 cm³/mol. The molecule has 0 aliphatic heterocycles. The van der Waals surface area contributed by atoms with Crippen LogP contribution in [0.2, 0.25) is 0 Å². The lowest BCUT2D eigenvalue weighted by molar-refractivity contribution is 0.256. The summed E-state index contributed by atoms with van der Waals surface area (Å²) < 4.78 is 0. The molecule has 0 unspecified atom stereocenters. The number of thiophene rings is 1. The number of hydrogen-bond acceptors (Lipinski definition) is 3. The maximum Gasteiger partial charge on any atom is 0.0331 e. The highest BCUT2D eigenvalue weighted by Gasteiger charge is 2.28. The first-order chi connectivity index (χ1) is 8.42. The summed E-state index contributed by atoms with van der Waals surface area (Å²) in [5.41, 5.74) is 0. The van der Waals surface area contributed by atoms with Crippen LogP contribution < -0.4 is 5.32 Å². The van der Waals surface area contributed by atoms with E-state index in [1.807, 2.05) is 11.3 Å². The van der Waals surface area contributed by atoms with Crippen molar-refractivity contribution in [1.82, 2.24) is 10.2 Å². The fraction of sp³-hybridized carbons (Fsp3) is 0.714. The van der Waals surface area contributed by atoms with Gasteiger partial charge in [-0.1, -0.05) is 6.07 Å². The monoisotopic (exact) mass is 250 g/mol. The summed E-state index contributed by atoms with van der Waals surface area (Å²) in [6, 6.07) is 5.30. The van der Waals surface area contributed by atoms with Gasteiger partial charge in [0.1, 0.15) is 0 Å². The fourth-order valence-corrected chi connectivity index (χ4v) is 3.01. The molecule has 0 bridgehead atoms. The van der Waals surface area contributed by atoms with Gasteiger partial charge in [0.25, 0.3) is 0 Å². The average Bonchev–Trinajstić information content (AvgIpc) is 3.24. The van der Waals surface area contributed by atoms with E-state index in [-0.39, 0.29) is 0 Å². The minimum absolute atomic E-state index is 0.875. The first-order valence-electron chi connectivity index (χ1n) is 6.89. The molecule has 1 heterocycles. The van der Waals surface area contributed by atoms with E-state index in [1.165, 1.54) is 50.2 Å². The van der Waals surface area contributed by atoms with Crippen molar-refractivity contribution in [1.29, 1.82) is 0 Å². The van der Waals surface area contributed by atoms with Crippen molar-refractivity contribution in [3.8, 4) is 0 Å². The molecule has 2 aliphatic rings. The highest BCUT2D eigenvalue weighted by Crippen LogP contribution is 2.29. The van der Waals surface area contributed by atoms with Gasteiger partial charge in [0.2, 0.25) is 0 Å². The smallest absolute Gasteiger partial charge is 0.0331 e. The Morgan fingerprint density at radius 1 is 1.29 bits per heavy atom. The Bertz CT molecular complexity index is 328. The van der Waals surface area contributed by atoms with Gasteiger partial charge in [-0.05, 0) is 49.6 Å². The maximum absolute atomic E-state index is 3.60. The lowest BCUT2D eigenvalue weighted by Gasteiger charge is -2.21. The van der Waals surface area contributed by atoms with Crippen LogP contribution in [0.25, 0.3) is 0 Å². The molecule has 0 spiro atoms. The molecule has 2 fully saturated rings. The number of hydrogen-bond donors (Lipinski definition) is 1. The minimum Gasteiger partial charge on any atom is -0.315 e. The molecule has 0 atom stereocenters. The summed E-state index contributed by atoms with van der Waals surface area (Å²) in [6.07, 6.45) is 5.73. The SMILES string of the molecule is c1csc(CN(CCNCC2CC2)C2CC2)c1. The molecular weight excluding hydrogens is 228 g/mol. The van der Waals surface area contributed by atoms with Crippen LogP contribution in [-0.2, 0) is 6.54 Å². The Hall–Kier alpha value is -0.380. The van der Waals surface area contributed by atoms with E-state index in [2.05, 4.69) is 27.7 Å². The van der Waals surface area contributed by atoms with Gasteiger partial charge in [0.05, 0.1) is 0 Å². The quantitative estimate of drug-likeness (QED) is 0.714. The van der Waals surface area contributed by atoms with E-state index >= 15 is 0 Å². The Kier molecular flexibility index (Phi) is 3.79. The van der Waals surface area contributed by atoms with Crippen molar-refractivity contribution >= 4 is 11.3 Å². The normalized spacial score (nSPS) is 20.1. The summed E-state index contributed by atoms with van der Waals surface area (Å²) in [7, 11) is 0. The lowest BCUT2D eigenvalue weighted by Crippen LogP contribution is -2.33. The first kappa shape index (κ1) is 11.7. The van der Waals surface area contributed by atoms with Gasteiger partial charge in [0.15, 0.2) is 0 Å². The van der Waals surface area contributed by atoms with Gasteiger partial charge >= 0.3 is 0 Å². The van der Waals surface area contributed by atoms with E-state index in [9.17, 15) is 0 Å². The van der Waals surface area contributed by atoms with E-state index in [4.69, 9.17) is 0 Å². The summed E-state index contributed by atoms with van der Waals surface area (Å²) in [5, 5.41) is 5.79. The molecule has 2 aliphatic carbocycles. The number of nitrogens with one attached hydrogen (secondary N) is 1. The largest absolute Gasteiger partial charge is 0.315 e. The van der Waals surface area contributed by atoms with Crippen LogP contribution in [0.4, 0.5) is 0 Å². The summed E-state index contributed by atoms with van der Waals surface area (Å²) in [5.74, 6) is 1.00. The van der Waals surface area contributed by atoms with E-state index in [1.54, 1.807) is 0 Å². The molecule has 2 saturated carbocycles. The second kappa shape index (κ2) is 5.51. The molecule has 1 aromatic rings. The standard InChI is InChI=1S/C14H22N2S/c1-2-14(17-9-1)11-16(13-5-6-13)8-7-15-10-12-3-4-12/h1-2,9,12-13,15H,3-8,10-11H2. The summed E-state index contributed by atoms with van der Waals surface area (Å²) >= 11 is 1.89. The second-order valence-corrected chi connectivity index (χ2v) is 6.46. The van der Waals surface area contributed by atoms with Gasteiger partial charge in [-0.3, -0.25) is 4.90 Å². The van der Waals surface area contributed by atoms with E-state index in [0.29, 0.717) is 0 Å². The molecule has 0 aromatic carbocycles. The first-order valence-corrected chi connectivity index (χ1v) is 7.77. The lowest BCUT2D eigenvalue weighted by atomic mass is 10.3. The predicted octanol–water partition coefficient (Wildman–Crippen LogP) is 2.71. The van der Waals surface area contributed by atoms with Crippen LogP contribution in [0, 0.1) is 5.92 Å². The van der Waals surface area contributed by atoms with Crippen molar-refractivity contribution in [3.05, 3.63) is 22.4 Å². The van der Waals surface area contributed by atoms with Gasteiger partial charge < -0.3 is 5.32 Å². The van der Waals surface area contributed by atoms with E-state index < -0.39 is 0 Å². The average molecular weight is 250 g/mol. The van der Waals surface area contributed by atoms with Gasteiger partial charge in [-0.2, -0.15) is 0 Å². The molecule has 0 saturated heterocycles. The molecule has 2 nitrogen and oxygen atoms in total. The van der Waals surface area contributed by atoms with Crippen molar-refractivity contribution in [2.24, 2.45) is 5.92 Å². The third-order valence-electron chi connectivity index (χ3n) is 3.71. The molecule has 3 rings (SSSR count). The molecule has 0 amide bonds. The Labute approximate surface area is 108 Å². The Balaban J connectivity index is 1.39. The number of rotatable bonds is 8. The van der Waals surface area contributed by atoms with Crippen LogP contribution in [0.1, 0.15) is 30.6 Å². The minimum atomic E-state index is 0.875. The molecule has 3 heteroatoms. The number of nitrogens with zero attached hydrogens (tertiary/aromatic N) is 1. The summed E-state index contributed by atoms with van der Waals surface area (Å²) in [4.78, 5) is 4.17. The van der Waals surface area contributed by atoms with Crippen molar-refractivity contribution in [3.63, 3.8) is 0 Å². The molecule has 94 valence electrons. The van der Waals surface area contributed by atoms with Gasteiger partial charge in [-0.15, -0.1) is 11.3 Å². The van der Waals surface area contributed by atoms with Crippen molar-refractivity contribution < 1.29 is 0 Å². The zero-order valence-corrected chi connectivity index (χ0v) is 11.2. The third kappa shape index (κ3) is 3.80. The third-order valence-corrected chi connectivity index (χ3v) is 4.57. The maximum atomic E-state index is 3.60. The fourth-order valence-electron chi connectivity index (χ4n) is 2.28. The van der Waals surface area contributed by atoms with Crippen LogP contribution in [0.15, 0.2) is 17.5 Å². The van der Waals surface area contributed by atoms with Crippen molar-refractivity contribution in [2.45, 2.75) is 38.3 Å². The van der Waals surface area contributed by atoms with E-state index in [0.717, 1.165) is 18.5 Å². The molecule has 1 N–H and O–H groups in total. The van der Waals surface area contributed by atoms with Crippen LogP contribution in [0.3, 0.4) is 0 Å².